The van der Waals surface area contributed by atoms with E-state index in [9.17, 15) is 4.79 Å². The molecule has 0 N–H and O–H groups in total. The van der Waals surface area contributed by atoms with Crippen LogP contribution in [0.5, 0.6) is 0 Å². The Morgan fingerprint density at radius 3 is 2.53 bits per heavy atom. The number of aromatic nitrogens is 2. The first-order chi connectivity index (χ1) is 7.27. The molecule has 0 atom stereocenters. The summed E-state index contributed by atoms with van der Waals surface area (Å²) in [5, 5.41) is 0. The van der Waals surface area contributed by atoms with Gasteiger partial charge in [-0.1, -0.05) is 0 Å². The van der Waals surface area contributed by atoms with Gasteiger partial charge in [0.2, 0.25) is 0 Å². The minimum atomic E-state index is 0.290. The van der Waals surface area contributed by atoms with Gasteiger partial charge in [-0.05, 0) is 32.6 Å². The number of rotatable bonds is 2. The van der Waals surface area contributed by atoms with Gasteiger partial charge in [-0.2, -0.15) is 0 Å². The molecule has 1 heterocycles. The molecule has 0 unspecified atom stereocenters. The summed E-state index contributed by atoms with van der Waals surface area (Å²) in [7, 11) is 0. The molecule has 0 bridgehead atoms. The van der Waals surface area contributed by atoms with Crippen LogP contribution in [0.25, 0.3) is 0 Å². The van der Waals surface area contributed by atoms with Crippen molar-refractivity contribution in [2.24, 2.45) is 5.92 Å². The Hall–Kier alpha value is -1.25. The lowest BCUT2D eigenvalue weighted by Crippen LogP contribution is -2.19. The predicted octanol–water partition coefficient (Wildman–Crippen LogP) is 2.34. The van der Waals surface area contributed by atoms with Crippen LogP contribution in [0, 0.1) is 5.92 Å². The molecule has 0 aromatic carbocycles. The molecule has 1 fully saturated rings. The van der Waals surface area contributed by atoms with Gasteiger partial charge < -0.3 is 0 Å². The predicted molar refractivity (Wildman–Crippen MR) is 57.4 cm³/mol. The first kappa shape index (κ1) is 10.3. The second-order valence-corrected chi connectivity index (χ2v) is 4.29. The molecule has 0 aliphatic heterocycles. The molecular formula is C12H16N2O. The average molecular weight is 204 g/mol. The van der Waals surface area contributed by atoms with Gasteiger partial charge in [0.05, 0.1) is 5.69 Å². The van der Waals surface area contributed by atoms with Crippen molar-refractivity contribution in [2.75, 3.05) is 0 Å². The minimum absolute atomic E-state index is 0.290. The average Bonchev–Trinajstić information content (AvgIpc) is 2.30. The van der Waals surface area contributed by atoms with Crippen LogP contribution in [0.2, 0.25) is 0 Å². The molecule has 1 aliphatic rings. The molecule has 2 rings (SSSR count). The number of nitrogens with zero attached hydrogens (tertiary/aromatic N) is 2. The number of carbonyl (C=O) groups is 1. The first-order valence-corrected chi connectivity index (χ1v) is 5.53. The van der Waals surface area contributed by atoms with E-state index in [2.05, 4.69) is 9.97 Å². The van der Waals surface area contributed by atoms with Gasteiger partial charge in [-0.25, -0.2) is 0 Å². The summed E-state index contributed by atoms with van der Waals surface area (Å²) in [6.07, 6.45) is 9.45. The number of hydrogen-bond acceptors (Lipinski definition) is 3. The quantitative estimate of drug-likeness (QED) is 0.742. The second-order valence-electron chi connectivity index (χ2n) is 4.29. The number of carbonyl (C=O) groups excluding carboxylic acids is 1. The van der Waals surface area contributed by atoms with Crippen molar-refractivity contribution in [3.63, 3.8) is 0 Å². The fourth-order valence-electron chi connectivity index (χ4n) is 2.32. The van der Waals surface area contributed by atoms with E-state index in [0.717, 1.165) is 31.4 Å². The topological polar surface area (TPSA) is 42.9 Å². The van der Waals surface area contributed by atoms with E-state index in [1.54, 1.807) is 19.3 Å². The van der Waals surface area contributed by atoms with E-state index < -0.39 is 0 Å². The van der Waals surface area contributed by atoms with Gasteiger partial charge in [0.25, 0.3) is 0 Å². The monoisotopic (exact) mass is 204 g/mol. The van der Waals surface area contributed by atoms with Crippen molar-refractivity contribution in [1.29, 1.82) is 0 Å². The van der Waals surface area contributed by atoms with Crippen LogP contribution in [0.3, 0.4) is 0 Å². The third-order valence-corrected chi connectivity index (χ3v) is 3.30. The molecule has 0 radical (unpaired) electrons. The van der Waals surface area contributed by atoms with Crippen molar-refractivity contribution in [3.8, 4) is 0 Å². The summed E-state index contributed by atoms with van der Waals surface area (Å²) in [5.74, 6) is 1.14. The fourth-order valence-corrected chi connectivity index (χ4v) is 2.32. The van der Waals surface area contributed by atoms with Gasteiger partial charge in [-0.3, -0.25) is 14.8 Å². The van der Waals surface area contributed by atoms with E-state index in [-0.39, 0.29) is 5.92 Å². The minimum Gasteiger partial charge on any atom is -0.300 e. The van der Waals surface area contributed by atoms with Gasteiger partial charge in [0.1, 0.15) is 5.78 Å². The molecule has 3 heteroatoms. The highest BCUT2D eigenvalue weighted by atomic mass is 16.1. The van der Waals surface area contributed by atoms with E-state index in [4.69, 9.17) is 0 Å². The number of Topliss-reactive ketones (excluding diaryl/α,β-unsaturated/α-hetero) is 1. The standard InChI is InChI=1S/C12H16N2O/c1-9(15)10-2-4-11(5-3-10)12-8-13-6-7-14-12/h6-8,10-11H,2-5H2,1H3/t10-,11-. The molecule has 1 saturated carbocycles. The Bertz CT molecular complexity index is 329. The zero-order chi connectivity index (χ0) is 10.7. The van der Waals surface area contributed by atoms with Crippen LogP contribution >= 0.6 is 0 Å². The Labute approximate surface area is 89.9 Å². The molecule has 0 amide bonds. The Morgan fingerprint density at radius 1 is 1.27 bits per heavy atom. The molecule has 15 heavy (non-hydrogen) atoms. The first-order valence-electron chi connectivity index (χ1n) is 5.53. The fraction of sp³-hybridized carbons (Fsp3) is 0.583. The van der Waals surface area contributed by atoms with Gasteiger partial charge in [-0.15, -0.1) is 0 Å². The third kappa shape index (κ3) is 2.41. The van der Waals surface area contributed by atoms with Crippen LogP contribution < -0.4 is 0 Å². The molecule has 3 nitrogen and oxygen atoms in total. The van der Waals surface area contributed by atoms with Gasteiger partial charge in [0, 0.05) is 30.4 Å². The second kappa shape index (κ2) is 4.51. The smallest absolute Gasteiger partial charge is 0.132 e. The maximum atomic E-state index is 11.2. The zero-order valence-electron chi connectivity index (χ0n) is 9.02. The van der Waals surface area contributed by atoms with Crippen LogP contribution in [0.1, 0.15) is 44.2 Å². The molecular weight excluding hydrogens is 188 g/mol. The highest BCUT2D eigenvalue weighted by molar-refractivity contribution is 5.78. The van der Waals surface area contributed by atoms with Gasteiger partial charge >= 0.3 is 0 Å². The Morgan fingerprint density at radius 2 is 2.00 bits per heavy atom. The summed E-state index contributed by atoms with van der Waals surface area (Å²) in [5.41, 5.74) is 1.08. The summed E-state index contributed by atoms with van der Waals surface area (Å²) in [4.78, 5) is 19.6. The Kier molecular flexibility index (Phi) is 3.09. The normalized spacial score (nSPS) is 26.2. The Balaban J connectivity index is 1.97. The molecule has 1 aromatic rings. The maximum absolute atomic E-state index is 11.2. The third-order valence-electron chi connectivity index (χ3n) is 3.30. The SMILES string of the molecule is CC(=O)[C@H]1CC[C@H](c2cnccn2)CC1. The largest absolute Gasteiger partial charge is 0.300 e. The van der Waals surface area contributed by atoms with Crippen LogP contribution in [-0.2, 0) is 4.79 Å². The summed E-state index contributed by atoms with van der Waals surface area (Å²) in [6.45, 7) is 1.70. The van der Waals surface area contributed by atoms with Crippen LogP contribution in [-0.4, -0.2) is 15.8 Å². The zero-order valence-corrected chi connectivity index (χ0v) is 9.02. The molecule has 0 spiro atoms. The lowest BCUT2D eigenvalue weighted by molar-refractivity contribution is -0.121. The highest BCUT2D eigenvalue weighted by Crippen LogP contribution is 2.34. The molecule has 1 aromatic heterocycles. The van der Waals surface area contributed by atoms with Crippen molar-refractivity contribution in [1.82, 2.24) is 9.97 Å². The van der Waals surface area contributed by atoms with Crippen molar-refractivity contribution in [3.05, 3.63) is 24.3 Å². The summed E-state index contributed by atoms with van der Waals surface area (Å²) < 4.78 is 0. The van der Waals surface area contributed by atoms with E-state index >= 15 is 0 Å². The molecule has 80 valence electrons. The number of ketones is 1. The number of hydrogen-bond donors (Lipinski definition) is 0. The van der Waals surface area contributed by atoms with Crippen LogP contribution in [0.15, 0.2) is 18.6 Å². The molecule has 1 aliphatic carbocycles. The van der Waals surface area contributed by atoms with E-state index in [1.807, 2.05) is 6.20 Å². The van der Waals surface area contributed by atoms with Crippen molar-refractivity contribution < 1.29 is 4.79 Å². The highest BCUT2D eigenvalue weighted by Gasteiger charge is 2.25. The van der Waals surface area contributed by atoms with Crippen LogP contribution in [0.4, 0.5) is 0 Å². The molecule has 0 saturated heterocycles. The maximum Gasteiger partial charge on any atom is 0.132 e. The van der Waals surface area contributed by atoms with E-state index in [0.29, 0.717) is 11.7 Å². The van der Waals surface area contributed by atoms with Gasteiger partial charge in [0.15, 0.2) is 0 Å². The van der Waals surface area contributed by atoms with E-state index in [1.165, 1.54) is 0 Å². The summed E-state index contributed by atoms with van der Waals surface area (Å²) >= 11 is 0. The summed E-state index contributed by atoms with van der Waals surface area (Å²) in [6, 6.07) is 0. The van der Waals surface area contributed by atoms with Crippen molar-refractivity contribution >= 4 is 5.78 Å². The lowest BCUT2D eigenvalue weighted by atomic mass is 9.79. The lowest BCUT2D eigenvalue weighted by Gasteiger charge is -2.26. The van der Waals surface area contributed by atoms with Crippen molar-refractivity contribution in [2.45, 2.75) is 38.5 Å².